The van der Waals surface area contributed by atoms with Crippen molar-refractivity contribution in [3.8, 4) is 22.3 Å². The molecule has 0 aliphatic carbocycles. The highest BCUT2D eigenvalue weighted by atomic mass is 32.1. The van der Waals surface area contributed by atoms with Gasteiger partial charge in [-0.3, -0.25) is 9.59 Å². The van der Waals surface area contributed by atoms with Crippen molar-refractivity contribution >= 4 is 40.3 Å². The van der Waals surface area contributed by atoms with E-state index in [1.54, 1.807) is 10.1 Å². The fraction of sp³-hybridized carbons (Fsp3) is 0.0400. The Balaban J connectivity index is 1.54. The van der Waals surface area contributed by atoms with E-state index in [-0.39, 0.29) is 18.2 Å². The van der Waals surface area contributed by atoms with Crippen LogP contribution in [0.3, 0.4) is 0 Å². The number of benzene rings is 3. The van der Waals surface area contributed by atoms with E-state index in [1.807, 2.05) is 78.9 Å². The summed E-state index contributed by atoms with van der Waals surface area (Å²) >= 11 is 1.31. The summed E-state index contributed by atoms with van der Waals surface area (Å²) in [6, 6.07) is 25.1. The minimum Gasteiger partial charge on any atom is -0.409 e. The maximum Gasteiger partial charge on any atom is 0.299 e. The molecule has 33 heavy (non-hydrogen) atoms. The molecule has 7 nitrogen and oxygen atoms in total. The minimum atomic E-state index is -0.106. The number of aromatic nitrogens is 3. The van der Waals surface area contributed by atoms with Crippen LogP contribution in [0.25, 0.3) is 27.3 Å². The summed E-state index contributed by atoms with van der Waals surface area (Å²) in [6.07, 6.45) is 0.284. The molecule has 0 bridgehead atoms. The molecule has 1 N–H and O–H groups in total. The van der Waals surface area contributed by atoms with E-state index in [4.69, 9.17) is 9.84 Å². The van der Waals surface area contributed by atoms with Gasteiger partial charge < -0.3 is 10.1 Å². The van der Waals surface area contributed by atoms with E-state index in [0.29, 0.717) is 17.3 Å². The molecule has 0 unspecified atom stereocenters. The predicted octanol–water partition coefficient (Wildman–Crippen LogP) is 4.87. The third-order valence-corrected chi connectivity index (χ3v) is 5.84. The standard InChI is InChI=1S/C25H18N4O3S/c30-16-32-23-15-33-25(27-23)29-21-14-19(26-22(31)13-17-7-3-1-4-8-17)11-12-20(21)24(28-29)18-9-5-2-6-10-18/h1-12,14-16H,13H2,(H,26,31). The lowest BCUT2D eigenvalue weighted by atomic mass is 10.1. The Kier molecular flexibility index (Phi) is 5.65. The Morgan fingerprint density at radius 3 is 2.55 bits per heavy atom. The quantitative estimate of drug-likeness (QED) is 0.355. The van der Waals surface area contributed by atoms with Crippen LogP contribution >= 0.6 is 11.3 Å². The zero-order valence-corrected chi connectivity index (χ0v) is 18.2. The van der Waals surface area contributed by atoms with Gasteiger partial charge >= 0.3 is 0 Å². The highest BCUT2D eigenvalue weighted by Crippen LogP contribution is 2.33. The van der Waals surface area contributed by atoms with Gasteiger partial charge in [-0.1, -0.05) is 72.0 Å². The van der Waals surface area contributed by atoms with Crippen LogP contribution in [0, 0.1) is 0 Å². The van der Waals surface area contributed by atoms with Crippen molar-refractivity contribution in [2.24, 2.45) is 0 Å². The van der Waals surface area contributed by atoms with Gasteiger partial charge in [0.25, 0.3) is 6.47 Å². The number of ether oxygens (including phenoxy) is 1. The van der Waals surface area contributed by atoms with Crippen LogP contribution in [-0.2, 0) is 16.0 Å². The van der Waals surface area contributed by atoms with Crippen molar-refractivity contribution in [2.45, 2.75) is 6.42 Å². The fourth-order valence-electron chi connectivity index (χ4n) is 3.58. The van der Waals surface area contributed by atoms with Gasteiger partial charge in [-0.25, -0.2) is 4.68 Å². The highest BCUT2D eigenvalue weighted by Gasteiger charge is 2.17. The van der Waals surface area contributed by atoms with Crippen molar-refractivity contribution in [1.29, 1.82) is 0 Å². The van der Waals surface area contributed by atoms with Crippen LogP contribution in [0.2, 0.25) is 0 Å². The molecule has 8 heteroatoms. The van der Waals surface area contributed by atoms with Gasteiger partial charge in [0.2, 0.25) is 16.9 Å². The molecule has 0 spiro atoms. The lowest BCUT2D eigenvalue weighted by Crippen LogP contribution is -2.14. The van der Waals surface area contributed by atoms with Crippen LogP contribution in [-0.4, -0.2) is 27.1 Å². The summed E-state index contributed by atoms with van der Waals surface area (Å²) in [5.41, 5.74) is 4.13. The molecule has 0 radical (unpaired) electrons. The first-order valence-corrected chi connectivity index (χ1v) is 11.1. The third kappa shape index (κ3) is 4.37. The van der Waals surface area contributed by atoms with Gasteiger partial charge in [-0.05, 0) is 23.8 Å². The highest BCUT2D eigenvalue weighted by molar-refractivity contribution is 7.12. The lowest BCUT2D eigenvalue weighted by Gasteiger charge is -2.06. The molecule has 0 aliphatic heterocycles. The second-order valence-electron chi connectivity index (χ2n) is 7.25. The number of hydrogen-bond acceptors (Lipinski definition) is 6. The maximum absolute atomic E-state index is 12.6. The number of nitrogens with one attached hydrogen (secondary N) is 1. The Bertz CT molecular complexity index is 1430. The number of hydrogen-bond donors (Lipinski definition) is 1. The molecule has 0 aliphatic rings. The van der Waals surface area contributed by atoms with Crippen molar-refractivity contribution in [2.75, 3.05) is 5.32 Å². The van der Waals surface area contributed by atoms with Crippen molar-refractivity contribution in [3.63, 3.8) is 0 Å². The van der Waals surface area contributed by atoms with E-state index < -0.39 is 0 Å². The lowest BCUT2D eigenvalue weighted by molar-refractivity contribution is -0.121. The van der Waals surface area contributed by atoms with E-state index in [0.717, 1.165) is 27.7 Å². The van der Waals surface area contributed by atoms with Crippen molar-refractivity contribution < 1.29 is 14.3 Å². The van der Waals surface area contributed by atoms with Gasteiger partial charge in [0.1, 0.15) is 5.69 Å². The topological polar surface area (TPSA) is 86.1 Å². The first-order valence-electron chi connectivity index (χ1n) is 10.2. The van der Waals surface area contributed by atoms with Gasteiger partial charge in [-0.15, -0.1) is 0 Å². The molecular weight excluding hydrogens is 436 g/mol. The Labute approximate surface area is 193 Å². The van der Waals surface area contributed by atoms with E-state index >= 15 is 0 Å². The zero-order valence-electron chi connectivity index (χ0n) is 17.3. The van der Waals surface area contributed by atoms with Crippen molar-refractivity contribution in [1.82, 2.24) is 14.8 Å². The van der Waals surface area contributed by atoms with E-state index in [9.17, 15) is 9.59 Å². The number of nitrogens with zero attached hydrogens (tertiary/aromatic N) is 3. The fourth-order valence-corrected chi connectivity index (χ4v) is 4.28. The Morgan fingerprint density at radius 2 is 1.79 bits per heavy atom. The SMILES string of the molecule is O=COc1csc(-n2nc(-c3ccccc3)c3ccc(NC(=O)Cc4ccccc4)cc32)n1. The van der Waals surface area contributed by atoms with Gasteiger partial charge in [-0.2, -0.15) is 10.1 Å². The monoisotopic (exact) mass is 454 g/mol. The molecule has 2 heterocycles. The number of thiazole rings is 1. The minimum absolute atomic E-state index is 0.106. The summed E-state index contributed by atoms with van der Waals surface area (Å²) in [5, 5.41) is 10.9. The number of carbonyl (C=O) groups excluding carboxylic acids is 2. The summed E-state index contributed by atoms with van der Waals surface area (Å²) in [5.74, 6) is 0.105. The van der Waals surface area contributed by atoms with Crippen LogP contribution in [0.1, 0.15) is 5.56 Å². The van der Waals surface area contributed by atoms with Crippen LogP contribution in [0.5, 0.6) is 5.88 Å². The second kappa shape index (κ2) is 9.05. The molecule has 5 rings (SSSR count). The van der Waals surface area contributed by atoms with Gasteiger partial charge in [0.05, 0.1) is 17.3 Å². The zero-order chi connectivity index (χ0) is 22.6. The smallest absolute Gasteiger partial charge is 0.299 e. The van der Waals surface area contributed by atoms with Crippen LogP contribution < -0.4 is 10.1 Å². The van der Waals surface area contributed by atoms with Gasteiger partial charge in [0, 0.05) is 16.6 Å². The molecule has 0 saturated carbocycles. The molecule has 3 aromatic carbocycles. The van der Waals surface area contributed by atoms with Gasteiger partial charge in [0.15, 0.2) is 0 Å². The number of carbonyl (C=O) groups is 2. The first-order chi connectivity index (χ1) is 16.2. The molecule has 0 fully saturated rings. The number of fused-ring (bicyclic) bond motifs is 1. The average Bonchev–Trinajstić information content (AvgIpc) is 3.45. The van der Waals surface area contributed by atoms with Crippen molar-refractivity contribution in [3.05, 3.63) is 89.8 Å². The number of amides is 1. The first kappa shape index (κ1) is 20.6. The number of anilines is 1. The average molecular weight is 455 g/mol. The normalized spacial score (nSPS) is 10.8. The largest absolute Gasteiger partial charge is 0.409 e. The van der Waals surface area contributed by atoms with E-state index in [1.165, 1.54) is 11.3 Å². The second-order valence-corrected chi connectivity index (χ2v) is 8.09. The summed E-state index contributed by atoms with van der Waals surface area (Å²) in [6.45, 7) is 0.343. The Morgan fingerprint density at radius 1 is 1.03 bits per heavy atom. The molecule has 5 aromatic rings. The Hall–Kier alpha value is -4.30. The van der Waals surface area contributed by atoms with E-state index in [2.05, 4.69) is 10.3 Å². The maximum atomic E-state index is 12.6. The summed E-state index contributed by atoms with van der Waals surface area (Å²) in [4.78, 5) is 27.6. The molecule has 162 valence electrons. The summed E-state index contributed by atoms with van der Waals surface area (Å²) < 4.78 is 6.57. The number of rotatable bonds is 7. The van der Waals surface area contributed by atoms with Crippen LogP contribution in [0.4, 0.5) is 5.69 Å². The van der Waals surface area contributed by atoms with Crippen LogP contribution in [0.15, 0.2) is 84.2 Å². The predicted molar refractivity (Wildman–Crippen MR) is 128 cm³/mol. The molecule has 0 atom stereocenters. The molecule has 1 amide bonds. The molecule has 2 aromatic heterocycles. The summed E-state index contributed by atoms with van der Waals surface area (Å²) in [7, 11) is 0. The molecule has 0 saturated heterocycles. The third-order valence-electron chi connectivity index (χ3n) is 5.04. The molecular formula is C25H18N4O3S.